The Kier molecular flexibility index (Phi) is 6.49. The van der Waals surface area contributed by atoms with E-state index in [4.69, 9.17) is 9.47 Å². The van der Waals surface area contributed by atoms with E-state index < -0.39 is 0 Å². The van der Waals surface area contributed by atoms with Crippen LogP contribution in [0, 0.1) is 0 Å². The van der Waals surface area contributed by atoms with Gasteiger partial charge in [0.15, 0.2) is 17.7 Å². The Balaban J connectivity index is 1.77. The summed E-state index contributed by atoms with van der Waals surface area (Å²) < 4.78 is 12.1. The van der Waals surface area contributed by atoms with Gasteiger partial charge in [0, 0.05) is 21.8 Å². The Morgan fingerprint density at radius 1 is 1.06 bits per heavy atom. The Hall–Kier alpha value is -2.96. The fraction of sp³-hybridized carbons (Fsp3) is 0.200. The van der Waals surface area contributed by atoms with Gasteiger partial charge in [0.05, 0.1) is 19.3 Å². The number of hydrogen-bond donors (Lipinski definition) is 3. The molecule has 3 aromatic rings. The van der Waals surface area contributed by atoms with Crippen molar-refractivity contribution in [3.05, 3.63) is 94.0 Å². The molecule has 1 heterocycles. The highest BCUT2D eigenvalue weighted by Gasteiger charge is 2.30. The van der Waals surface area contributed by atoms with E-state index >= 15 is 0 Å². The molecule has 1 aliphatic rings. The zero-order valence-corrected chi connectivity index (χ0v) is 19.1. The standard InChI is InChI=1S/C25H25BrN2O3/c1-3-31-23-12-6-11-20(24(23)29)22-15-21(16-7-4-9-18(26)13-16)27-25(28-22)17-8-5-10-19(14-17)30-2/h4-15,22,25,27-29H,3H2,1-2H3/p+1. The fourth-order valence-electron chi connectivity index (χ4n) is 3.84. The summed E-state index contributed by atoms with van der Waals surface area (Å²) in [6.07, 6.45) is 2.08. The topological polar surface area (TPSA) is 67.3 Å². The first-order valence-corrected chi connectivity index (χ1v) is 11.1. The molecule has 1 aliphatic heterocycles. The average molecular weight is 482 g/mol. The molecule has 0 aliphatic carbocycles. The van der Waals surface area contributed by atoms with Crippen LogP contribution in [0.25, 0.3) is 5.70 Å². The fourth-order valence-corrected chi connectivity index (χ4v) is 4.24. The van der Waals surface area contributed by atoms with Crippen molar-refractivity contribution in [2.24, 2.45) is 0 Å². The number of quaternary nitrogens is 1. The SMILES string of the molecule is CCOc1cccc(C2C=C(c3cccc(Br)c3)NC(c3cccc(OC)c3)[NH2+]2)c1O. The third-order valence-electron chi connectivity index (χ3n) is 5.33. The van der Waals surface area contributed by atoms with Crippen molar-refractivity contribution in [2.75, 3.05) is 13.7 Å². The molecular weight excluding hydrogens is 456 g/mol. The van der Waals surface area contributed by atoms with Gasteiger partial charge in [-0.2, -0.15) is 0 Å². The van der Waals surface area contributed by atoms with Crippen LogP contribution in [0.15, 0.2) is 77.3 Å². The highest BCUT2D eigenvalue weighted by atomic mass is 79.9. The van der Waals surface area contributed by atoms with Crippen LogP contribution in [0.1, 0.15) is 35.8 Å². The maximum absolute atomic E-state index is 10.9. The number of para-hydroxylation sites is 1. The number of phenolic OH excluding ortho intramolecular Hbond substituents is 1. The zero-order chi connectivity index (χ0) is 21.8. The highest BCUT2D eigenvalue weighted by molar-refractivity contribution is 9.10. The number of hydrogen-bond acceptors (Lipinski definition) is 4. The van der Waals surface area contributed by atoms with E-state index in [2.05, 4.69) is 50.8 Å². The van der Waals surface area contributed by atoms with E-state index in [1.165, 1.54) is 0 Å². The lowest BCUT2D eigenvalue weighted by Crippen LogP contribution is -2.89. The number of phenols is 1. The number of aromatic hydroxyl groups is 1. The Morgan fingerprint density at radius 2 is 1.87 bits per heavy atom. The Labute approximate surface area is 190 Å². The largest absolute Gasteiger partial charge is 0.504 e. The molecule has 0 spiro atoms. The second-order valence-corrected chi connectivity index (χ2v) is 8.25. The van der Waals surface area contributed by atoms with Crippen LogP contribution in [0.2, 0.25) is 0 Å². The van der Waals surface area contributed by atoms with Gasteiger partial charge in [-0.1, -0.05) is 46.3 Å². The molecule has 0 bridgehead atoms. The molecular formula is C25H26BrN2O3+. The quantitative estimate of drug-likeness (QED) is 0.484. The van der Waals surface area contributed by atoms with Gasteiger partial charge in [0.25, 0.3) is 0 Å². The first-order chi connectivity index (χ1) is 15.1. The van der Waals surface area contributed by atoms with Gasteiger partial charge >= 0.3 is 0 Å². The van der Waals surface area contributed by atoms with Crippen molar-refractivity contribution in [1.82, 2.24) is 5.32 Å². The van der Waals surface area contributed by atoms with Crippen molar-refractivity contribution in [3.63, 3.8) is 0 Å². The molecule has 0 amide bonds. The molecule has 4 N–H and O–H groups in total. The molecule has 0 fully saturated rings. The molecule has 0 saturated carbocycles. The van der Waals surface area contributed by atoms with Crippen LogP contribution in [0.5, 0.6) is 17.2 Å². The van der Waals surface area contributed by atoms with Crippen LogP contribution in [-0.2, 0) is 0 Å². The number of nitrogens with one attached hydrogen (secondary N) is 1. The predicted molar refractivity (Wildman–Crippen MR) is 125 cm³/mol. The van der Waals surface area contributed by atoms with Crippen LogP contribution in [0.4, 0.5) is 0 Å². The summed E-state index contributed by atoms with van der Waals surface area (Å²) in [4.78, 5) is 0. The van der Waals surface area contributed by atoms with E-state index in [1.54, 1.807) is 13.2 Å². The van der Waals surface area contributed by atoms with Crippen LogP contribution in [-0.4, -0.2) is 18.8 Å². The first-order valence-electron chi connectivity index (χ1n) is 10.3. The molecule has 0 saturated heterocycles. The zero-order valence-electron chi connectivity index (χ0n) is 17.5. The van der Waals surface area contributed by atoms with Gasteiger partial charge in [-0.3, -0.25) is 0 Å². The molecule has 2 unspecified atom stereocenters. The van der Waals surface area contributed by atoms with Gasteiger partial charge in [-0.25, -0.2) is 0 Å². The molecule has 5 nitrogen and oxygen atoms in total. The summed E-state index contributed by atoms with van der Waals surface area (Å²) in [5.74, 6) is 1.49. The molecule has 2 atom stereocenters. The first kappa shape index (κ1) is 21.3. The summed E-state index contributed by atoms with van der Waals surface area (Å²) in [5.41, 5.74) is 3.97. The lowest BCUT2D eigenvalue weighted by atomic mass is 9.97. The van der Waals surface area contributed by atoms with Crippen molar-refractivity contribution in [2.45, 2.75) is 19.1 Å². The molecule has 0 radical (unpaired) electrons. The van der Waals surface area contributed by atoms with Crippen molar-refractivity contribution in [1.29, 1.82) is 0 Å². The van der Waals surface area contributed by atoms with E-state index in [0.29, 0.717) is 12.4 Å². The van der Waals surface area contributed by atoms with Gasteiger partial charge in [0.2, 0.25) is 0 Å². The summed E-state index contributed by atoms with van der Waals surface area (Å²) in [6.45, 7) is 2.41. The minimum atomic E-state index is -0.105. The minimum absolute atomic E-state index is 0.0609. The molecule has 3 aromatic carbocycles. The number of methoxy groups -OCH3 is 1. The predicted octanol–water partition coefficient (Wildman–Crippen LogP) is 4.51. The third-order valence-corrected chi connectivity index (χ3v) is 5.83. The molecule has 0 aromatic heterocycles. The van der Waals surface area contributed by atoms with Gasteiger partial charge in [-0.05, 0) is 48.9 Å². The lowest BCUT2D eigenvalue weighted by Gasteiger charge is -2.30. The molecule has 160 valence electrons. The summed E-state index contributed by atoms with van der Waals surface area (Å²) in [6, 6.07) is 21.8. The van der Waals surface area contributed by atoms with E-state index in [9.17, 15) is 5.11 Å². The summed E-state index contributed by atoms with van der Waals surface area (Å²) in [7, 11) is 1.67. The Bertz CT molecular complexity index is 1100. The number of halogens is 1. The van der Waals surface area contributed by atoms with Gasteiger partial charge in [-0.15, -0.1) is 0 Å². The van der Waals surface area contributed by atoms with Crippen molar-refractivity contribution < 1.29 is 19.9 Å². The number of nitrogens with two attached hydrogens (primary N) is 1. The van der Waals surface area contributed by atoms with E-state index in [0.717, 1.165) is 32.6 Å². The number of rotatable bonds is 6. The second kappa shape index (κ2) is 9.45. The normalized spacial score (nSPS) is 18.1. The van der Waals surface area contributed by atoms with Crippen LogP contribution in [0.3, 0.4) is 0 Å². The smallest absolute Gasteiger partial charge is 0.186 e. The summed E-state index contributed by atoms with van der Waals surface area (Å²) in [5, 5.41) is 16.7. The van der Waals surface area contributed by atoms with Crippen LogP contribution >= 0.6 is 15.9 Å². The monoisotopic (exact) mass is 481 g/mol. The maximum Gasteiger partial charge on any atom is 0.186 e. The lowest BCUT2D eigenvalue weighted by molar-refractivity contribution is -0.731. The minimum Gasteiger partial charge on any atom is -0.504 e. The average Bonchev–Trinajstić information content (AvgIpc) is 2.80. The van der Waals surface area contributed by atoms with Gasteiger partial charge in [0.1, 0.15) is 11.8 Å². The van der Waals surface area contributed by atoms with Crippen molar-refractivity contribution in [3.8, 4) is 17.2 Å². The van der Waals surface area contributed by atoms with Crippen LogP contribution < -0.4 is 20.1 Å². The van der Waals surface area contributed by atoms with Crippen molar-refractivity contribution >= 4 is 21.6 Å². The number of ether oxygens (including phenoxy) is 2. The highest BCUT2D eigenvalue weighted by Crippen LogP contribution is 2.35. The van der Waals surface area contributed by atoms with Gasteiger partial charge < -0.3 is 25.2 Å². The third kappa shape index (κ3) is 4.70. The second-order valence-electron chi connectivity index (χ2n) is 7.33. The van der Waals surface area contributed by atoms with E-state index in [-0.39, 0.29) is 18.0 Å². The maximum atomic E-state index is 10.9. The number of benzene rings is 3. The molecule has 31 heavy (non-hydrogen) atoms. The summed E-state index contributed by atoms with van der Waals surface area (Å²) >= 11 is 3.57. The van der Waals surface area contributed by atoms with E-state index in [1.807, 2.05) is 49.4 Å². The molecule has 4 rings (SSSR count). The molecule has 6 heteroatoms. The Morgan fingerprint density at radius 3 is 2.65 bits per heavy atom.